The van der Waals surface area contributed by atoms with Crippen LogP contribution in [0.25, 0.3) is 10.9 Å². The van der Waals surface area contributed by atoms with Crippen LogP contribution < -0.4 is 5.32 Å². The summed E-state index contributed by atoms with van der Waals surface area (Å²) in [6, 6.07) is 14.6. The van der Waals surface area contributed by atoms with Gasteiger partial charge in [0, 0.05) is 10.9 Å². The molecule has 19 heavy (non-hydrogen) atoms. The number of carbonyl (C=O) groups is 1. The monoisotopic (exact) mass is 271 g/mol. The van der Waals surface area contributed by atoms with Crippen LogP contribution in [-0.4, -0.2) is 15.9 Å². The average molecular weight is 272 g/mol. The maximum Gasteiger partial charge on any atom is 0.273 e. The molecule has 3 rings (SSSR count). The molecule has 0 aliphatic heterocycles. The molecule has 0 saturated carbocycles. The van der Waals surface area contributed by atoms with Crippen molar-refractivity contribution < 1.29 is 4.79 Å². The highest BCUT2D eigenvalue weighted by molar-refractivity contribution is 6.29. The SMILES string of the molecule is O=C(Nc1cccc(Cl)n1)c1cc2ccccc2[nH]1. The molecule has 0 radical (unpaired) electrons. The van der Waals surface area contributed by atoms with Gasteiger partial charge in [0.05, 0.1) is 0 Å². The fourth-order valence-corrected chi connectivity index (χ4v) is 2.02. The minimum atomic E-state index is -0.244. The van der Waals surface area contributed by atoms with Gasteiger partial charge in [0.1, 0.15) is 16.7 Å². The van der Waals surface area contributed by atoms with E-state index in [-0.39, 0.29) is 5.91 Å². The Morgan fingerprint density at radius 3 is 2.79 bits per heavy atom. The van der Waals surface area contributed by atoms with Gasteiger partial charge < -0.3 is 10.3 Å². The zero-order valence-corrected chi connectivity index (χ0v) is 10.6. The van der Waals surface area contributed by atoms with Crippen LogP contribution in [-0.2, 0) is 0 Å². The third-order valence-electron chi connectivity index (χ3n) is 2.73. The summed E-state index contributed by atoms with van der Waals surface area (Å²) in [6.07, 6.45) is 0. The van der Waals surface area contributed by atoms with E-state index in [4.69, 9.17) is 11.6 Å². The number of aromatic nitrogens is 2. The number of nitrogens with zero attached hydrogens (tertiary/aromatic N) is 1. The van der Waals surface area contributed by atoms with Gasteiger partial charge in [0.2, 0.25) is 0 Å². The lowest BCUT2D eigenvalue weighted by atomic mass is 10.2. The zero-order valence-electron chi connectivity index (χ0n) is 9.85. The number of benzene rings is 1. The Hall–Kier alpha value is -2.33. The standard InChI is InChI=1S/C14H10ClN3O/c15-12-6-3-7-13(17-12)18-14(19)11-8-9-4-1-2-5-10(9)16-11/h1-8,16H,(H,17,18,19). The molecule has 0 fully saturated rings. The van der Waals surface area contributed by atoms with Crippen LogP contribution in [0.5, 0.6) is 0 Å². The van der Waals surface area contributed by atoms with Crippen LogP contribution in [0.2, 0.25) is 5.15 Å². The van der Waals surface area contributed by atoms with Crippen molar-refractivity contribution in [1.82, 2.24) is 9.97 Å². The zero-order chi connectivity index (χ0) is 13.2. The third kappa shape index (κ3) is 2.44. The van der Waals surface area contributed by atoms with E-state index in [2.05, 4.69) is 15.3 Å². The van der Waals surface area contributed by atoms with Crippen molar-refractivity contribution >= 4 is 34.2 Å². The second kappa shape index (κ2) is 4.74. The number of H-pyrrole nitrogens is 1. The number of anilines is 1. The lowest BCUT2D eigenvalue weighted by Crippen LogP contribution is -2.13. The van der Waals surface area contributed by atoms with Crippen molar-refractivity contribution in [1.29, 1.82) is 0 Å². The van der Waals surface area contributed by atoms with Crippen molar-refractivity contribution in [2.24, 2.45) is 0 Å². The number of fused-ring (bicyclic) bond motifs is 1. The van der Waals surface area contributed by atoms with Crippen molar-refractivity contribution in [3.8, 4) is 0 Å². The summed E-state index contributed by atoms with van der Waals surface area (Å²) in [5, 5.41) is 4.03. The van der Waals surface area contributed by atoms with Crippen LogP contribution in [0.4, 0.5) is 5.82 Å². The van der Waals surface area contributed by atoms with E-state index in [9.17, 15) is 4.79 Å². The highest BCUT2D eigenvalue weighted by Crippen LogP contribution is 2.16. The Kier molecular flexibility index (Phi) is 2.93. The van der Waals surface area contributed by atoms with Gasteiger partial charge in [-0.25, -0.2) is 4.98 Å². The van der Waals surface area contributed by atoms with Gasteiger partial charge in [-0.2, -0.15) is 0 Å². The first-order valence-electron chi connectivity index (χ1n) is 5.74. The Morgan fingerprint density at radius 1 is 1.16 bits per heavy atom. The van der Waals surface area contributed by atoms with Gasteiger partial charge >= 0.3 is 0 Å². The summed E-state index contributed by atoms with van der Waals surface area (Å²) >= 11 is 5.77. The molecule has 2 heterocycles. The molecule has 2 aromatic heterocycles. The number of aromatic amines is 1. The molecule has 0 aliphatic rings. The van der Waals surface area contributed by atoms with Crippen molar-refractivity contribution in [2.45, 2.75) is 0 Å². The molecule has 94 valence electrons. The van der Waals surface area contributed by atoms with E-state index < -0.39 is 0 Å². The molecule has 2 N–H and O–H groups in total. The lowest BCUT2D eigenvalue weighted by molar-refractivity contribution is 0.102. The normalized spacial score (nSPS) is 10.6. The maximum absolute atomic E-state index is 12.1. The predicted octanol–water partition coefficient (Wildman–Crippen LogP) is 3.47. The maximum atomic E-state index is 12.1. The Bertz CT molecular complexity index is 718. The molecule has 0 spiro atoms. The van der Waals surface area contributed by atoms with E-state index >= 15 is 0 Å². The number of para-hydroxylation sites is 1. The number of pyridine rings is 1. The summed E-state index contributed by atoms with van der Waals surface area (Å²) in [5.41, 5.74) is 1.41. The molecule has 1 aromatic carbocycles. The Morgan fingerprint density at radius 2 is 2.00 bits per heavy atom. The number of nitrogens with one attached hydrogen (secondary N) is 2. The average Bonchev–Trinajstić information content (AvgIpc) is 2.82. The summed E-state index contributed by atoms with van der Waals surface area (Å²) in [4.78, 5) is 19.1. The third-order valence-corrected chi connectivity index (χ3v) is 2.94. The molecule has 4 nitrogen and oxygen atoms in total. The van der Waals surface area contributed by atoms with Crippen molar-refractivity contribution in [3.63, 3.8) is 0 Å². The van der Waals surface area contributed by atoms with Gasteiger partial charge in [-0.15, -0.1) is 0 Å². The molecule has 0 aliphatic carbocycles. The molecule has 5 heteroatoms. The van der Waals surface area contributed by atoms with E-state index in [1.165, 1.54) is 0 Å². The summed E-state index contributed by atoms with van der Waals surface area (Å²) in [5.74, 6) is 0.183. The number of halogens is 1. The number of amides is 1. The highest BCUT2D eigenvalue weighted by atomic mass is 35.5. The molecule has 0 unspecified atom stereocenters. The Balaban J connectivity index is 1.87. The van der Waals surface area contributed by atoms with Gasteiger partial charge in [-0.3, -0.25) is 4.79 Å². The highest BCUT2D eigenvalue weighted by Gasteiger charge is 2.10. The minimum Gasteiger partial charge on any atom is -0.351 e. The largest absolute Gasteiger partial charge is 0.351 e. The molecule has 0 saturated heterocycles. The second-order valence-electron chi connectivity index (χ2n) is 4.07. The van der Waals surface area contributed by atoms with Crippen LogP contribution in [0.15, 0.2) is 48.5 Å². The summed E-state index contributed by atoms with van der Waals surface area (Å²) in [6.45, 7) is 0. The predicted molar refractivity (Wildman–Crippen MR) is 75.5 cm³/mol. The van der Waals surface area contributed by atoms with E-state index in [1.807, 2.05) is 24.3 Å². The second-order valence-corrected chi connectivity index (χ2v) is 4.46. The summed E-state index contributed by atoms with van der Waals surface area (Å²) in [7, 11) is 0. The summed E-state index contributed by atoms with van der Waals surface area (Å²) < 4.78 is 0. The van der Waals surface area contributed by atoms with E-state index in [0.717, 1.165) is 10.9 Å². The first-order valence-corrected chi connectivity index (χ1v) is 6.12. The molecule has 1 amide bonds. The van der Waals surface area contributed by atoms with Crippen LogP contribution in [0, 0.1) is 0 Å². The van der Waals surface area contributed by atoms with Crippen LogP contribution in [0.3, 0.4) is 0 Å². The molecular formula is C14H10ClN3O. The number of carbonyl (C=O) groups excluding carboxylic acids is 1. The van der Waals surface area contributed by atoms with Crippen molar-refractivity contribution in [2.75, 3.05) is 5.32 Å². The fourth-order valence-electron chi connectivity index (χ4n) is 1.86. The van der Waals surface area contributed by atoms with E-state index in [0.29, 0.717) is 16.7 Å². The van der Waals surface area contributed by atoms with Crippen molar-refractivity contribution in [3.05, 3.63) is 59.4 Å². The quantitative estimate of drug-likeness (QED) is 0.701. The minimum absolute atomic E-state index is 0.244. The van der Waals surface area contributed by atoms with Gasteiger partial charge in [0.25, 0.3) is 5.91 Å². The van der Waals surface area contributed by atoms with Gasteiger partial charge in [-0.05, 0) is 24.3 Å². The first-order chi connectivity index (χ1) is 9.22. The number of hydrogen-bond acceptors (Lipinski definition) is 2. The molecule has 0 bridgehead atoms. The number of hydrogen-bond donors (Lipinski definition) is 2. The molecule has 3 aromatic rings. The lowest BCUT2D eigenvalue weighted by Gasteiger charge is -2.02. The smallest absolute Gasteiger partial charge is 0.273 e. The molecular weight excluding hydrogens is 262 g/mol. The first kappa shape index (κ1) is 11.7. The molecule has 0 atom stereocenters. The topological polar surface area (TPSA) is 57.8 Å². The Labute approximate surface area is 114 Å². The fraction of sp³-hybridized carbons (Fsp3) is 0. The van der Waals surface area contributed by atoms with E-state index in [1.54, 1.807) is 24.3 Å². The van der Waals surface area contributed by atoms with Gasteiger partial charge in [0.15, 0.2) is 0 Å². The van der Waals surface area contributed by atoms with Gasteiger partial charge in [-0.1, -0.05) is 35.9 Å². The number of rotatable bonds is 2. The van der Waals surface area contributed by atoms with Crippen LogP contribution in [0.1, 0.15) is 10.5 Å². The van der Waals surface area contributed by atoms with Crippen LogP contribution >= 0.6 is 11.6 Å².